The number of carbonyl (C=O) groups excluding carboxylic acids is 1. The Morgan fingerprint density at radius 3 is 2.12 bits per heavy atom. The molecule has 1 amide bonds. The van der Waals surface area contributed by atoms with E-state index >= 15 is 0 Å². The summed E-state index contributed by atoms with van der Waals surface area (Å²) in [5, 5.41) is 8.05. The molecule has 5 rings (SSSR count). The molecule has 5 heteroatoms. The Labute approximate surface area is 194 Å². The average Bonchev–Trinajstić information content (AvgIpc) is 3.48. The van der Waals surface area contributed by atoms with E-state index in [9.17, 15) is 4.79 Å². The molecule has 0 unspecified atom stereocenters. The molecule has 5 nitrogen and oxygen atoms in total. The van der Waals surface area contributed by atoms with Crippen LogP contribution in [0.2, 0.25) is 0 Å². The van der Waals surface area contributed by atoms with Gasteiger partial charge in [0.25, 0.3) is 5.91 Å². The van der Waals surface area contributed by atoms with E-state index in [4.69, 9.17) is 5.10 Å². The normalized spacial score (nSPS) is 16.1. The quantitative estimate of drug-likeness (QED) is 0.461. The van der Waals surface area contributed by atoms with Gasteiger partial charge in [0.15, 0.2) is 0 Å². The molecule has 1 saturated heterocycles. The number of benzene rings is 3. The van der Waals surface area contributed by atoms with Crippen LogP contribution in [0.4, 0.5) is 0 Å². The SMILES string of the molecule is O=C(N[C@H]1CCN(Cc2ccccc2)C1)c1cn(Cc2ccccc2)nc1-c1ccccc1. The lowest BCUT2D eigenvalue weighted by atomic mass is 10.1. The van der Waals surface area contributed by atoms with Crippen LogP contribution in [-0.2, 0) is 13.1 Å². The minimum Gasteiger partial charge on any atom is -0.348 e. The molecule has 166 valence electrons. The number of rotatable bonds is 7. The van der Waals surface area contributed by atoms with Crippen molar-refractivity contribution in [2.24, 2.45) is 0 Å². The van der Waals surface area contributed by atoms with Gasteiger partial charge >= 0.3 is 0 Å². The predicted molar refractivity (Wildman–Crippen MR) is 131 cm³/mol. The number of hydrogen-bond donors (Lipinski definition) is 1. The van der Waals surface area contributed by atoms with Gasteiger partial charge in [0.05, 0.1) is 12.1 Å². The van der Waals surface area contributed by atoms with E-state index in [1.807, 2.05) is 65.5 Å². The van der Waals surface area contributed by atoms with Crippen molar-refractivity contribution in [2.75, 3.05) is 13.1 Å². The van der Waals surface area contributed by atoms with Crippen LogP contribution < -0.4 is 5.32 Å². The van der Waals surface area contributed by atoms with Gasteiger partial charge in [-0.25, -0.2) is 0 Å². The largest absolute Gasteiger partial charge is 0.348 e. The molecular weight excluding hydrogens is 408 g/mol. The Kier molecular flexibility index (Phi) is 6.31. The van der Waals surface area contributed by atoms with Crippen LogP contribution in [0.1, 0.15) is 27.9 Å². The minimum absolute atomic E-state index is 0.0558. The predicted octanol–water partition coefficient (Wildman–Crippen LogP) is 4.60. The molecule has 0 saturated carbocycles. The van der Waals surface area contributed by atoms with Crippen molar-refractivity contribution in [3.05, 3.63) is 114 Å². The standard InChI is InChI=1S/C28H28N4O/c33-28(29-25-16-17-31(20-25)18-22-10-4-1-5-11-22)26-21-32(19-23-12-6-2-7-13-23)30-27(26)24-14-8-3-9-15-24/h1-15,21,25H,16-20H2,(H,29,33)/t25-/m0/s1. The molecule has 1 aliphatic rings. The molecule has 0 aliphatic carbocycles. The number of nitrogens with one attached hydrogen (secondary N) is 1. The Morgan fingerprint density at radius 2 is 1.45 bits per heavy atom. The summed E-state index contributed by atoms with van der Waals surface area (Å²) in [4.78, 5) is 15.7. The van der Waals surface area contributed by atoms with Gasteiger partial charge in [0.2, 0.25) is 0 Å². The van der Waals surface area contributed by atoms with E-state index in [2.05, 4.69) is 46.6 Å². The van der Waals surface area contributed by atoms with E-state index in [1.54, 1.807) is 0 Å². The summed E-state index contributed by atoms with van der Waals surface area (Å²) < 4.78 is 1.86. The summed E-state index contributed by atoms with van der Waals surface area (Å²) >= 11 is 0. The van der Waals surface area contributed by atoms with Crippen molar-refractivity contribution < 1.29 is 4.79 Å². The maximum Gasteiger partial charge on any atom is 0.255 e. The van der Waals surface area contributed by atoms with Crippen LogP contribution in [0.5, 0.6) is 0 Å². The Morgan fingerprint density at radius 1 is 0.848 bits per heavy atom. The smallest absolute Gasteiger partial charge is 0.255 e. The molecule has 1 atom stereocenters. The molecule has 0 bridgehead atoms. The zero-order valence-corrected chi connectivity index (χ0v) is 18.6. The summed E-state index contributed by atoms with van der Waals surface area (Å²) in [5.41, 5.74) is 4.75. The van der Waals surface area contributed by atoms with Gasteiger partial charge < -0.3 is 5.32 Å². The first-order valence-corrected chi connectivity index (χ1v) is 11.5. The van der Waals surface area contributed by atoms with Crippen molar-refractivity contribution in [1.29, 1.82) is 0 Å². The molecule has 0 radical (unpaired) electrons. The number of nitrogens with zero attached hydrogens (tertiary/aromatic N) is 3. The fourth-order valence-electron chi connectivity index (χ4n) is 4.45. The van der Waals surface area contributed by atoms with Crippen LogP contribution in [-0.4, -0.2) is 39.7 Å². The fourth-order valence-corrected chi connectivity index (χ4v) is 4.45. The van der Waals surface area contributed by atoms with Crippen molar-refractivity contribution in [3.8, 4) is 11.3 Å². The zero-order chi connectivity index (χ0) is 22.5. The minimum atomic E-state index is -0.0558. The number of amides is 1. The third-order valence-corrected chi connectivity index (χ3v) is 6.10. The molecule has 0 spiro atoms. The topological polar surface area (TPSA) is 50.2 Å². The van der Waals surface area contributed by atoms with Gasteiger partial charge in [-0.2, -0.15) is 5.10 Å². The van der Waals surface area contributed by atoms with Crippen molar-refractivity contribution in [2.45, 2.75) is 25.6 Å². The first-order valence-electron chi connectivity index (χ1n) is 11.5. The van der Waals surface area contributed by atoms with Crippen LogP contribution in [0, 0.1) is 0 Å². The maximum absolute atomic E-state index is 13.3. The number of carbonyl (C=O) groups is 1. The van der Waals surface area contributed by atoms with Gasteiger partial charge in [-0.1, -0.05) is 91.0 Å². The molecular formula is C28H28N4O. The van der Waals surface area contributed by atoms with Crippen molar-refractivity contribution in [3.63, 3.8) is 0 Å². The van der Waals surface area contributed by atoms with E-state index in [-0.39, 0.29) is 11.9 Å². The highest BCUT2D eigenvalue weighted by atomic mass is 16.1. The van der Waals surface area contributed by atoms with E-state index in [0.717, 1.165) is 42.9 Å². The first-order chi connectivity index (χ1) is 16.2. The van der Waals surface area contributed by atoms with Gasteiger partial charge in [-0.15, -0.1) is 0 Å². The van der Waals surface area contributed by atoms with Gasteiger partial charge in [-0.3, -0.25) is 14.4 Å². The van der Waals surface area contributed by atoms with Crippen molar-refractivity contribution in [1.82, 2.24) is 20.0 Å². The second kappa shape index (κ2) is 9.84. The monoisotopic (exact) mass is 436 g/mol. The van der Waals surface area contributed by atoms with Crippen LogP contribution in [0.3, 0.4) is 0 Å². The van der Waals surface area contributed by atoms with E-state index < -0.39 is 0 Å². The Hall–Kier alpha value is -3.70. The van der Waals surface area contributed by atoms with Gasteiger partial charge in [0.1, 0.15) is 5.69 Å². The summed E-state index contributed by atoms with van der Waals surface area (Å²) in [5.74, 6) is -0.0558. The third kappa shape index (κ3) is 5.21. The molecule has 33 heavy (non-hydrogen) atoms. The second-order valence-electron chi connectivity index (χ2n) is 8.62. The molecule has 1 aliphatic heterocycles. The van der Waals surface area contributed by atoms with E-state index in [0.29, 0.717) is 12.1 Å². The van der Waals surface area contributed by atoms with Crippen LogP contribution >= 0.6 is 0 Å². The molecule has 1 aromatic heterocycles. The highest BCUT2D eigenvalue weighted by Gasteiger charge is 2.26. The van der Waals surface area contributed by atoms with Crippen molar-refractivity contribution >= 4 is 5.91 Å². The number of aromatic nitrogens is 2. The lowest BCUT2D eigenvalue weighted by molar-refractivity contribution is 0.0938. The number of likely N-dealkylation sites (tertiary alicyclic amines) is 1. The zero-order valence-electron chi connectivity index (χ0n) is 18.6. The summed E-state index contributed by atoms with van der Waals surface area (Å²) in [6, 6.07) is 30.8. The van der Waals surface area contributed by atoms with E-state index in [1.165, 1.54) is 5.56 Å². The second-order valence-corrected chi connectivity index (χ2v) is 8.62. The highest BCUT2D eigenvalue weighted by molar-refractivity contribution is 6.00. The Balaban J connectivity index is 1.31. The molecule has 1 fully saturated rings. The lowest BCUT2D eigenvalue weighted by Gasteiger charge is -2.16. The maximum atomic E-state index is 13.3. The molecule has 1 N–H and O–H groups in total. The number of hydrogen-bond acceptors (Lipinski definition) is 3. The average molecular weight is 437 g/mol. The molecule has 3 aromatic carbocycles. The lowest BCUT2D eigenvalue weighted by Crippen LogP contribution is -2.37. The Bertz CT molecular complexity index is 1190. The van der Waals surface area contributed by atoms with Gasteiger partial charge in [0, 0.05) is 37.4 Å². The van der Waals surface area contributed by atoms with Crippen LogP contribution in [0.15, 0.2) is 97.2 Å². The third-order valence-electron chi connectivity index (χ3n) is 6.10. The summed E-state index contributed by atoms with van der Waals surface area (Å²) in [6.07, 6.45) is 2.83. The molecule has 4 aromatic rings. The molecule has 2 heterocycles. The first kappa shape index (κ1) is 21.2. The van der Waals surface area contributed by atoms with Gasteiger partial charge in [-0.05, 0) is 17.5 Å². The highest BCUT2D eigenvalue weighted by Crippen LogP contribution is 2.23. The summed E-state index contributed by atoms with van der Waals surface area (Å²) in [7, 11) is 0. The fraction of sp³-hybridized carbons (Fsp3) is 0.214. The van der Waals surface area contributed by atoms with Crippen LogP contribution in [0.25, 0.3) is 11.3 Å². The summed E-state index contributed by atoms with van der Waals surface area (Å²) in [6.45, 7) is 3.39.